The lowest BCUT2D eigenvalue weighted by Crippen LogP contribution is -2.57. The van der Waals surface area contributed by atoms with Crippen molar-refractivity contribution in [3.8, 4) is 0 Å². The zero-order chi connectivity index (χ0) is 27.3. The highest BCUT2D eigenvalue weighted by Crippen LogP contribution is 2.10. The lowest BCUT2D eigenvalue weighted by atomic mass is 9.99. The summed E-state index contributed by atoms with van der Waals surface area (Å²) in [5, 5.41) is 17.3. The number of nitrogens with two attached hydrogens (primary N) is 3. The van der Waals surface area contributed by atoms with Crippen LogP contribution in [0.25, 0.3) is 0 Å². The largest absolute Gasteiger partial charge is 0.480 e. The lowest BCUT2D eigenvalue weighted by Gasteiger charge is -2.27. The van der Waals surface area contributed by atoms with Crippen molar-refractivity contribution in [1.82, 2.24) is 16.0 Å². The molecule has 0 aliphatic heterocycles. The Morgan fingerprint density at radius 1 is 0.800 bits per heavy atom. The van der Waals surface area contributed by atoms with Gasteiger partial charge in [0.05, 0.1) is 6.04 Å². The number of guanidine groups is 1. The number of carboxylic acids is 1. The third-order valence-electron chi connectivity index (χ3n) is 5.21. The van der Waals surface area contributed by atoms with Crippen LogP contribution in [-0.4, -0.2) is 65.5 Å². The maximum absolute atomic E-state index is 13.2. The average molecular weight is 500 g/mol. The van der Waals surface area contributed by atoms with Gasteiger partial charge in [-0.3, -0.25) is 19.4 Å². The zero-order valence-corrected chi connectivity index (χ0v) is 21.8. The van der Waals surface area contributed by atoms with Crippen LogP contribution in [0, 0.1) is 17.8 Å². The second-order valence-corrected chi connectivity index (χ2v) is 10.0. The molecule has 4 unspecified atom stereocenters. The molecule has 0 heterocycles. The van der Waals surface area contributed by atoms with Gasteiger partial charge in [0.1, 0.15) is 18.1 Å². The SMILES string of the molecule is CC(C)CC(N)C(=O)NC(CCCN=C(N)N)C(=O)NC(CC(C)C)C(=O)NC(C(=O)O)C(C)C. The van der Waals surface area contributed by atoms with Crippen molar-refractivity contribution in [2.24, 2.45) is 39.9 Å². The minimum absolute atomic E-state index is 0.0303. The fourth-order valence-electron chi connectivity index (χ4n) is 3.41. The lowest BCUT2D eigenvalue weighted by molar-refractivity contribution is -0.143. The van der Waals surface area contributed by atoms with Gasteiger partial charge in [-0.15, -0.1) is 0 Å². The quantitative estimate of drug-likeness (QED) is 0.0844. The third-order valence-corrected chi connectivity index (χ3v) is 5.21. The molecule has 0 aromatic carbocycles. The van der Waals surface area contributed by atoms with Crippen molar-refractivity contribution in [3.05, 3.63) is 0 Å². The molecule has 0 fully saturated rings. The van der Waals surface area contributed by atoms with E-state index in [2.05, 4.69) is 20.9 Å². The van der Waals surface area contributed by atoms with Crippen molar-refractivity contribution in [2.75, 3.05) is 6.54 Å². The van der Waals surface area contributed by atoms with E-state index in [1.807, 2.05) is 27.7 Å². The van der Waals surface area contributed by atoms with Crippen molar-refractivity contribution in [2.45, 2.75) is 91.4 Å². The van der Waals surface area contributed by atoms with E-state index in [1.165, 1.54) is 0 Å². The summed E-state index contributed by atoms with van der Waals surface area (Å²) < 4.78 is 0. The van der Waals surface area contributed by atoms with E-state index in [9.17, 15) is 24.3 Å². The predicted octanol–water partition coefficient (Wildman–Crippen LogP) is -0.345. The number of amides is 3. The molecule has 0 bridgehead atoms. The average Bonchev–Trinajstić information content (AvgIpc) is 2.71. The Kier molecular flexibility index (Phi) is 14.6. The third kappa shape index (κ3) is 13.5. The van der Waals surface area contributed by atoms with Gasteiger partial charge in [0.15, 0.2) is 5.96 Å². The molecule has 3 amide bonds. The van der Waals surface area contributed by atoms with Crippen LogP contribution in [0.2, 0.25) is 0 Å². The highest BCUT2D eigenvalue weighted by molar-refractivity contribution is 5.94. The van der Waals surface area contributed by atoms with Gasteiger partial charge in [-0.25, -0.2) is 4.79 Å². The molecule has 0 spiro atoms. The van der Waals surface area contributed by atoms with Crippen LogP contribution < -0.4 is 33.2 Å². The summed E-state index contributed by atoms with van der Waals surface area (Å²) in [7, 11) is 0. The van der Waals surface area contributed by atoms with Crippen LogP contribution in [0.5, 0.6) is 0 Å². The zero-order valence-electron chi connectivity index (χ0n) is 21.8. The molecule has 0 rings (SSSR count). The summed E-state index contributed by atoms with van der Waals surface area (Å²) in [5.41, 5.74) is 16.6. The fourth-order valence-corrected chi connectivity index (χ4v) is 3.41. The standard InChI is InChI=1S/C23H45N7O5/c1-12(2)10-15(24)19(31)28-16(8-7-9-27-23(25)26)20(32)29-17(11-13(3)4)21(33)30-18(14(5)6)22(34)35/h12-18H,7-11,24H2,1-6H3,(H,28,31)(H,29,32)(H,30,33)(H,34,35)(H4,25,26,27). The molecular formula is C23H45N7O5. The van der Waals surface area contributed by atoms with Gasteiger partial charge in [0.2, 0.25) is 17.7 Å². The second-order valence-electron chi connectivity index (χ2n) is 10.0. The molecule has 0 aliphatic carbocycles. The highest BCUT2D eigenvalue weighted by Gasteiger charge is 2.31. The molecular weight excluding hydrogens is 454 g/mol. The molecule has 0 aliphatic rings. The number of nitrogens with one attached hydrogen (secondary N) is 3. The Balaban J connectivity index is 5.60. The summed E-state index contributed by atoms with van der Waals surface area (Å²) in [6, 6.07) is -3.85. The molecule has 0 saturated carbocycles. The number of aliphatic imine (C=N–C) groups is 1. The maximum atomic E-state index is 13.2. The molecule has 4 atom stereocenters. The second kappa shape index (κ2) is 15.9. The van der Waals surface area contributed by atoms with Crippen LogP contribution in [0.4, 0.5) is 0 Å². The molecule has 35 heavy (non-hydrogen) atoms. The van der Waals surface area contributed by atoms with E-state index < -0.39 is 47.9 Å². The number of carbonyl (C=O) groups excluding carboxylic acids is 3. The molecule has 0 saturated heterocycles. The number of hydrogen-bond donors (Lipinski definition) is 7. The predicted molar refractivity (Wildman–Crippen MR) is 135 cm³/mol. The molecule has 12 heteroatoms. The Morgan fingerprint density at radius 3 is 1.77 bits per heavy atom. The first kappa shape index (κ1) is 32.1. The van der Waals surface area contributed by atoms with E-state index in [-0.39, 0.29) is 43.1 Å². The van der Waals surface area contributed by atoms with Gasteiger partial charge >= 0.3 is 5.97 Å². The Bertz CT molecular complexity index is 736. The molecule has 0 aromatic rings. The highest BCUT2D eigenvalue weighted by atomic mass is 16.4. The Hall–Kier alpha value is -2.89. The van der Waals surface area contributed by atoms with Gasteiger partial charge in [-0.2, -0.15) is 0 Å². The minimum atomic E-state index is -1.16. The van der Waals surface area contributed by atoms with Crippen molar-refractivity contribution >= 4 is 29.7 Å². The van der Waals surface area contributed by atoms with Gasteiger partial charge in [-0.1, -0.05) is 41.5 Å². The van der Waals surface area contributed by atoms with Crippen LogP contribution in [0.15, 0.2) is 4.99 Å². The van der Waals surface area contributed by atoms with E-state index in [0.29, 0.717) is 12.8 Å². The number of carboxylic acid groups (broad SMARTS) is 1. The monoisotopic (exact) mass is 499 g/mol. The van der Waals surface area contributed by atoms with Crippen LogP contribution >= 0.6 is 0 Å². The van der Waals surface area contributed by atoms with Crippen molar-refractivity contribution in [1.29, 1.82) is 0 Å². The molecule has 12 nitrogen and oxygen atoms in total. The first-order valence-electron chi connectivity index (χ1n) is 12.1. The van der Waals surface area contributed by atoms with Crippen molar-refractivity contribution < 1.29 is 24.3 Å². The Morgan fingerprint density at radius 2 is 1.31 bits per heavy atom. The minimum Gasteiger partial charge on any atom is -0.480 e. The molecule has 0 aromatic heterocycles. The van der Waals surface area contributed by atoms with E-state index >= 15 is 0 Å². The molecule has 202 valence electrons. The Labute approximate surface area is 208 Å². The van der Waals surface area contributed by atoms with Crippen LogP contribution in [-0.2, 0) is 19.2 Å². The normalized spacial score (nSPS) is 14.7. The van der Waals surface area contributed by atoms with E-state index in [4.69, 9.17) is 17.2 Å². The fraction of sp³-hybridized carbons (Fsp3) is 0.783. The van der Waals surface area contributed by atoms with Crippen LogP contribution in [0.3, 0.4) is 0 Å². The molecule has 0 radical (unpaired) electrons. The summed E-state index contributed by atoms with van der Waals surface area (Å²) in [6.45, 7) is 11.2. The van der Waals surface area contributed by atoms with Crippen molar-refractivity contribution in [3.63, 3.8) is 0 Å². The first-order chi connectivity index (χ1) is 16.1. The van der Waals surface area contributed by atoms with E-state index in [1.54, 1.807) is 13.8 Å². The van der Waals surface area contributed by atoms with Crippen LogP contribution in [0.1, 0.15) is 67.2 Å². The number of hydrogen-bond acceptors (Lipinski definition) is 6. The van der Waals surface area contributed by atoms with E-state index in [0.717, 1.165) is 0 Å². The van der Waals surface area contributed by atoms with Gasteiger partial charge in [-0.05, 0) is 43.4 Å². The summed E-state index contributed by atoms with van der Waals surface area (Å²) >= 11 is 0. The summed E-state index contributed by atoms with van der Waals surface area (Å²) in [5.74, 6) is -3.02. The van der Waals surface area contributed by atoms with Gasteiger partial charge < -0.3 is 38.3 Å². The van der Waals surface area contributed by atoms with Gasteiger partial charge in [0, 0.05) is 6.54 Å². The molecule has 10 N–H and O–H groups in total. The maximum Gasteiger partial charge on any atom is 0.326 e. The smallest absolute Gasteiger partial charge is 0.326 e. The van der Waals surface area contributed by atoms with Gasteiger partial charge in [0.25, 0.3) is 0 Å². The first-order valence-corrected chi connectivity index (χ1v) is 12.1. The topological polar surface area (TPSA) is 215 Å². The number of nitrogens with zero attached hydrogens (tertiary/aromatic N) is 1. The summed E-state index contributed by atoms with van der Waals surface area (Å²) in [4.78, 5) is 54.1. The number of rotatable bonds is 16. The number of carbonyl (C=O) groups is 4. The summed E-state index contributed by atoms with van der Waals surface area (Å²) in [6.07, 6.45) is 1.33. The number of aliphatic carboxylic acids is 1.